The topological polar surface area (TPSA) is 54.0 Å². The molecule has 1 aromatic rings. The van der Waals surface area contributed by atoms with Crippen LogP contribution in [0.2, 0.25) is 0 Å². The highest BCUT2D eigenvalue weighted by Gasteiger charge is 2.27. The molecule has 1 aromatic heterocycles. The number of hydrogen-bond donors (Lipinski definition) is 2. The van der Waals surface area contributed by atoms with Gasteiger partial charge in [0.05, 0.1) is 11.3 Å². The van der Waals surface area contributed by atoms with Gasteiger partial charge in [-0.15, -0.1) is 0 Å². The maximum Gasteiger partial charge on any atom is 0.441 e. The molecule has 4 nitrogen and oxygen atoms in total. The highest BCUT2D eigenvalue weighted by Crippen LogP contribution is 2.29. The number of amides is 1. The van der Waals surface area contributed by atoms with Crippen LogP contribution < -0.4 is 10.6 Å². The van der Waals surface area contributed by atoms with Gasteiger partial charge in [-0.3, -0.25) is 9.78 Å². The van der Waals surface area contributed by atoms with E-state index in [1.54, 1.807) is 6.07 Å². The van der Waals surface area contributed by atoms with Crippen molar-refractivity contribution in [3.63, 3.8) is 0 Å². The second-order valence-corrected chi connectivity index (χ2v) is 4.66. The predicted octanol–water partition coefficient (Wildman–Crippen LogP) is 2.50. The summed E-state index contributed by atoms with van der Waals surface area (Å²) in [7, 11) is 0. The summed E-state index contributed by atoms with van der Waals surface area (Å²) in [5.41, 5.74) is -3.34. The van der Waals surface area contributed by atoms with Crippen molar-refractivity contribution in [2.24, 2.45) is 0 Å². The minimum absolute atomic E-state index is 0.0521. The van der Waals surface area contributed by atoms with Gasteiger partial charge in [-0.25, -0.2) is 0 Å². The van der Waals surface area contributed by atoms with E-state index in [9.17, 15) is 18.0 Å². The van der Waals surface area contributed by atoms with Gasteiger partial charge in [0.2, 0.25) is 0 Å². The van der Waals surface area contributed by atoms with Gasteiger partial charge < -0.3 is 10.6 Å². The maximum atomic E-state index is 11.9. The van der Waals surface area contributed by atoms with E-state index in [1.807, 2.05) is 6.92 Å². The third kappa shape index (κ3) is 5.82. The fourth-order valence-electron chi connectivity index (χ4n) is 1.35. The predicted molar refractivity (Wildman–Crippen MR) is 69.2 cm³/mol. The molecule has 0 aliphatic carbocycles. The minimum Gasteiger partial charge on any atom is -0.385 e. The zero-order chi connectivity index (χ0) is 14.3. The zero-order valence-corrected chi connectivity index (χ0v) is 11.1. The fraction of sp³-hybridized carbons (Fsp3) is 0.455. The van der Waals surface area contributed by atoms with Gasteiger partial charge in [0.1, 0.15) is 0 Å². The Morgan fingerprint density at radius 2 is 2.21 bits per heavy atom. The lowest BCUT2D eigenvalue weighted by Crippen LogP contribution is -2.27. The van der Waals surface area contributed by atoms with E-state index in [0.29, 0.717) is 17.8 Å². The SMILES string of the molecule is CCNc1ccncc1C(=O)NCCSC(F)(F)F. The lowest BCUT2D eigenvalue weighted by Gasteiger charge is -2.10. The van der Waals surface area contributed by atoms with Crippen molar-refractivity contribution < 1.29 is 18.0 Å². The lowest BCUT2D eigenvalue weighted by molar-refractivity contribution is -0.0327. The summed E-state index contributed by atoms with van der Waals surface area (Å²) >= 11 is -0.161. The van der Waals surface area contributed by atoms with Crippen LogP contribution in [0.4, 0.5) is 18.9 Å². The molecule has 1 rings (SSSR count). The monoisotopic (exact) mass is 293 g/mol. The summed E-state index contributed by atoms with van der Waals surface area (Å²) in [5, 5.41) is 5.42. The standard InChI is InChI=1S/C11H14F3N3OS/c1-2-16-9-3-4-15-7-8(9)10(18)17-5-6-19-11(12,13)14/h3-4,7H,2,5-6H2,1H3,(H,15,16)(H,17,18). The van der Waals surface area contributed by atoms with E-state index in [1.165, 1.54) is 12.4 Å². The molecule has 8 heteroatoms. The Morgan fingerprint density at radius 3 is 2.84 bits per heavy atom. The summed E-state index contributed by atoms with van der Waals surface area (Å²) in [6.07, 6.45) is 2.92. The molecule has 0 radical (unpaired) electrons. The van der Waals surface area contributed by atoms with E-state index in [-0.39, 0.29) is 24.1 Å². The Balaban J connectivity index is 2.49. The highest BCUT2D eigenvalue weighted by molar-refractivity contribution is 8.00. The number of carbonyl (C=O) groups excluding carboxylic acids is 1. The Hall–Kier alpha value is -1.44. The number of hydrogen-bond acceptors (Lipinski definition) is 4. The molecule has 0 aromatic carbocycles. The molecule has 0 saturated carbocycles. The number of thioether (sulfide) groups is 1. The van der Waals surface area contributed by atoms with Gasteiger partial charge in [-0.2, -0.15) is 13.2 Å². The minimum atomic E-state index is -4.27. The molecule has 1 heterocycles. The number of alkyl halides is 3. The Morgan fingerprint density at radius 1 is 1.47 bits per heavy atom. The summed E-state index contributed by atoms with van der Waals surface area (Å²) < 4.78 is 35.7. The number of pyridine rings is 1. The van der Waals surface area contributed by atoms with Crippen LogP contribution in [-0.2, 0) is 0 Å². The third-order valence-corrected chi connectivity index (χ3v) is 2.82. The number of halogens is 3. The van der Waals surface area contributed by atoms with Crippen molar-refractivity contribution >= 4 is 23.4 Å². The van der Waals surface area contributed by atoms with Crippen LogP contribution in [0.15, 0.2) is 18.5 Å². The first-order valence-corrected chi connectivity index (χ1v) is 6.59. The van der Waals surface area contributed by atoms with Crippen LogP contribution in [0.25, 0.3) is 0 Å². The first-order chi connectivity index (χ1) is 8.94. The average Bonchev–Trinajstić information content (AvgIpc) is 2.34. The molecule has 106 valence electrons. The van der Waals surface area contributed by atoms with Crippen LogP contribution >= 0.6 is 11.8 Å². The molecule has 0 fully saturated rings. The second kappa shape index (κ2) is 7.22. The van der Waals surface area contributed by atoms with E-state index >= 15 is 0 Å². The Bertz CT molecular complexity index is 426. The van der Waals surface area contributed by atoms with Gasteiger partial charge >= 0.3 is 5.51 Å². The highest BCUT2D eigenvalue weighted by atomic mass is 32.2. The zero-order valence-electron chi connectivity index (χ0n) is 10.3. The van der Waals surface area contributed by atoms with E-state index in [2.05, 4.69) is 15.6 Å². The van der Waals surface area contributed by atoms with Crippen LogP contribution in [-0.4, -0.2) is 35.2 Å². The Labute approximate surface area is 113 Å². The number of carbonyl (C=O) groups is 1. The molecule has 0 saturated heterocycles. The molecule has 0 unspecified atom stereocenters. The Kier molecular flexibility index (Phi) is 5.94. The van der Waals surface area contributed by atoms with Gasteiger partial charge in [-0.1, -0.05) is 0 Å². The van der Waals surface area contributed by atoms with Crippen molar-refractivity contribution in [2.75, 3.05) is 24.2 Å². The van der Waals surface area contributed by atoms with Crippen molar-refractivity contribution in [3.8, 4) is 0 Å². The van der Waals surface area contributed by atoms with E-state index in [4.69, 9.17) is 0 Å². The molecule has 0 aliphatic heterocycles. The average molecular weight is 293 g/mol. The number of nitrogens with zero attached hydrogens (tertiary/aromatic N) is 1. The number of rotatable bonds is 6. The second-order valence-electron chi connectivity index (χ2n) is 3.50. The smallest absolute Gasteiger partial charge is 0.385 e. The summed E-state index contributed by atoms with van der Waals surface area (Å²) in [5.74, 6) is -0.654. The summed E-state index contributed by atoms with van der Waals surface area (Å²) in [4.78, 5) is 15.6. The quantitative estimate of drug-likeness (QED) is 0.791. The molecule has 1 amide bonds. The summed E-state index contributed by atoms with van der Waals surface area (Å²) in [6, 6.07) is 1.64. The molecule has 2 N–H and O–H groups in total. The van der Waals surface area contributed by atoms with E-state index < -0.39 is 11.4 Å². The van der Waals surface area contributed by atoms with Crippen molar-refractivity contribution in [1.82, 2.24) is 10.3 Å². The van der Waals surface area contributed by atoms with Crippen molar-refractivity contribution in [2.45, 2.75) is 12.4 Å². The third-order valence-electron chi connectivity index (χ3n) is 2.09. The van der Waals surface area contributed by atoms with E-state index in [0.717, 1.165) is 0 Å². The van der Waals surface area contributed by atoms with Crippen LogP contribution in [0, 0.1) is 0 Å². The van der Waals surface area contributed by atoms with Crippen LogP contribution in [0.1, 0.15) is 17.3 Å². The molecule has 0 bridgehead atoms. The normalized spacial score (nSPS) is 11.2. The molecule has 19 heavy (non-hydrogen) atoms. The number of nitrogens with one attached hydrogen (secondary N) is 2. The van der Waals surface area contributed by atoms with Crippen molar-refractivity contribution in [3.05, 3.63) is 24.0 Å². The van der Waals surface area contributed by atoms with Crippen LogP contribution in [0.5, 0.6) is 0 Å². The summed E-state index contributed by atoms with van der Waals surface area (Å²) in [6.45, 7) is 2.46. The van der Waals surface area contributed by atoms with Crippen molar-refractivity contribution in [1.29, 1.82) is 0 Å². The molecular formula is C11H14F3N3OS. The maximum absolute atomic E-state index is 11.9. The molecule has 0 atom stereocenters. The molecular weight excluding hydrogens is 279 g/mol. The van der Waals surface area contributed by atoms with Gasteiger partial charge in [0, 0.05) is 31.2 Å². The molecule has 0 spiro atoms. The molecule has 0 aliphatic rings. The van der Waals surface area contributed by atoms with Gasteiger partial charge in [0.25, 0.3) is 5.91 Å². The fourth-order valence-corrected chi connectivity index (χ4v) is 1.78. The van der Waals surface area contributed by atoms with Crippen LogP contribution in [0.3, 0.4) is 0 Å². The lowest BCUT2D eigenvalue weighted by atomic mass is 10.2. The number of aromatic nitrogens is 1. The number of anilines is 1. The van der Waals surface area contributed by atoms with Gasteiger partial charge in [0.15, 0.2) is 0 Å². The largest absolute Gasteiger partial charge is 0.441 e. The van der Waals surface area contributed by atoms with Gasteiger partial charge in [-0.05, 0) is 24.8 Å². The first kappa shape index (κ1) is 15.6. The first-order valence-electron chi connectivity index (χ1n) is 5.61.